The van der Waals surface area contributed by atoms with Gasteiger partial charge in [-0.3, -0.25) is 10.1 Å². The maximum absolute atomic E-state index is 12.6. The highest BCUT2D eigenvalue weighted by Crippen LogP contribution is 2.24. The van der Waals surface area contributed by atoms with Gasteiger partial charge in [0.05, 0.1) is 23.4 Å². The summed E-state index contributed by atoms with van der Waals surface area (Å²) in [6.45, 7) is 0.520. The second-order valence-electron chi connectivity index (χ2n) is 6.19. The van der Waals surface area contributed by atoms with E-state index < -0.39 is 0 Å². The predicted octanol–water partition coefficient (Wildman–Crippen LogP) is 2.63. The van der Waals surface area contributed by atoms with Crippen LogP contribution >= 0.6 is 11.8 Å². The molecule has 2 aromatic carbocycles. The number of carbonyl (C=O) groups is 1. The van der Waals surface area contributed by atoms with Gasteiger partial charge in [0.25, 0.3) is 0 Å². The van der Waals surface area contributed by atoms with Crippen LogP contribution in [0.2, 0.25) is 0 Å². The molecule has 3 aromatic rings. The molecule has 0 aliphatic carbocycles. The summed E-state index contributed by atoms with van der Waals surface area (Å²) in [5.41, 5.74) is 4.22. The topological polar surface area (TPSA) is 69.8 Å². The molecular weight excluding hydrogens is 332 g/mol. The van der Waals surface area contributed by atoms with Crippen molar-refractivity contribution in [3.8, 4) is 0 Å². The van der Waals surface area contributed by atoms with Crippen LogP contribution in [0.25, 0.3) is 11.0 Å². The van der Waals surface area contributed by atoms with Crippen molar-refractivity contribution in [1.29, 1.82) is 0 Å². The Morgan fingerprint density at radius 1 is 1.20 bits per heavy atom. The first kappa shape index (κ1) is 16.2. The first-order valence-corrected chi connectivity index (χ1v) is 9.53. The third kappa shape index (κ3) is 3.70. The molecule has 0 saturated carbocycles. The van der Waals surface area contributed by atoms with Crippen molar-refractivity contribution in [2.45, 2.75) is 18.6 Å². The fourth-order valence-corrected chi connectivity index (χ4v) is 4.22. The molecule has 1 aliphatic heterocycles. The average molecular weight is 352 g/mol. The predicted molar refractivity (Wildman–Crippen MR) is 101 cm³/mol. The number of benzene rings is 2. The van der Waals surface area contributed by atoms with E-state index in [0.29, 0.717) is 6.54 Å². The van der Waals surface area contributed by atoms with Gasteiger partial charge in [-0.05, 0) is 23.3 Å². The fourth-order valence-electron chi connectivity index (χ4n) is 3.08. The Kier molecular flexibility index (Phi) is 4.72. The molecule has 0 bridgehead atoms. The second-order valence-corrected chi connectivity index (χ2v) is 7.27. The number of carbonyl (C=O) groups excluding carboxylic acids is 1. The number of hydrogen-bond donors (Lipinski definition) is 3. The fraction of sp³-hybridized carbons (Fsp3) is 0.263. The molecule has 4 rings (SSSR count). The van der Waals surface area contributed by atoms with E-state index in [0.717, 1.165) is 28.1 Å². The minimum atomic E-state index is -0.167. The molecular formula is C19H20N4OS. The standard InChI is InChI=1S/C19H20N4OS/c24-19(20-9-13-6-7-15-16(8-13)22-12-21-15)18-11-25-10-17(23-18)14-4-2-1-3-5-14/h1-8,12,17-18,23H,9-11H2,(H,20,24)(H,21,22)/t17?,18-/m0/s1. The zero-order valence-electron chi connectivity index (χ0n) is 13.7. The van der Waals surface area contributed by atoms with E-state index in [-0.39, 0.29) is 18.0 Å². The quantitative estimate of drug-likeness (QED) is 0.675. The molecule has 1 aromatic heterocycles. The SMILES string of the molecule is O=C(NCc1ccc2nc[nH]c2c1)[C@@H]1CSCC(c2ccccc2)N1. The Bertz CT molecular complexity index is 864. The molecule has 1 fully saturated rings. The van der Waals surface area contributed by atoms with Crippen LogP contribution in [0.15, 0.2) is 54.9 Å². The smallest absolute Gasteiger partial charge is 0.238 e. The number of nitrogens with zero attached hydrogens (tertiary/aromatic N) is 1. The summed E-state index contributed by atoms with van der Waals surface area (Å²) >= 11 is 1.82. The van der Waals surface area contributed by atoms with Gasteiger partial charge < -0.3 is 10.3 Å². The van der Waals surface area contributed by atoms with E-state index in [4.69, 9.17) is 0 Å². The van der Waals surface area contributed by atoms with Crippen molar-refractivity contribution >= 4 is 28.7 Å². The van der Waals surface area contributed by atoms with E-state index in [1.807, 2.05) is 48.2 Å². The third-order valence-corrected chi connectivity index (χ3v) is 5.58. The second kappa shape index (κ2) is 7.29. The van der Waals surface area contributed by atoms with Crippen LogP contribution in [-0.2, 0) is 11.3 Å². The first-order chi connectivity index (χ1) is 12.3. The van der Waals surface area contributed by atoms with Crippen molar-refractivity contribution in [3.05, 3.63) is 66.0 Å². The third-order valence-electron chi connectivity index (χ3n) is 4.44. The molecule has 2 heterocycles. The lowest BCUT2D eigenvalue weighted by molar-refractivity contribution is -0.123. The van der Waals surface area contributed by atoms with Gasteiger partial charge in [0, 0.05) is 24.1 Å². The first-order valence-electron chi connectivity index (χ1n) is 8.38. The molecule has 1 aliphatic rings. The summed E-state index contributed by atoms with van der Waals surface area (Å²) in [4.78, 5) is 19.9. The molecule has 1 saturated heterocycles. The van der Waals surface area contributed by atoms with Crippen LogP contribution in [0.1, 0.15) is 17.2 Å². The summed E-state index contributed by atoms with van der Waals surface area (Å²) < 4.78 is 0. The van der Waals surface area contributed by atoms with E-state index in [1.165, 1.54) is 5.56 Å². The molecule has 25 heavy (non-hydrogen) atoms. The number of aromatic nitrogens is 2. The van der Waals surface area contributed by atoms with Crippen LogP contribution in [0.4, 0.5) is 0 Å². The molecule has 6 heteroatoms. The normalized spacial score (nSPS) is 20.5. The highest BCUT2D eigenvalue weighted by molar-refractivity contribution is 7.99. The Morgan fingerprint density at radius 3 is 2.96 bits per heavy atom. The Balaban J connectivity index is 1.37. The number of H-pyrrole nitrogens is 1. The number of imidazole rings is 1. The summed E-state index contributed by atoms with van der Waals surface area (Å²) in [7, 11) is 0. The van der Waals surface area contributed by atoms with E-state index >= 15 is 0 Å². The van der Waals surface area contributed by atoms with Crippen molar-refractivity contribution in [2.24, 2.45) is 0 Å². The number of nitrogens with one attached hydrogen (secondary N) is 3. The number of hydrogen-bond acceptors (Lipinski definition) is 4. The maximum atomic E-state index is 12.6. The number of aromatic amines is 1. The minimum Gasteiger partial charge on any atom is -0.351 e. The highest BCUT2D eigenvalue weighted by atomic mass is 32.2. The summed E-state index contributed by atoms with van der Waals surface area (Å²) in [6.07, 6.45) is 1.68. The van der Waals surface area contributed by atoms with Crippen molar-refractivity contribution < 1.29 is 4.79 Å². The zero-order chi connectivity index (χ0) is 17.1. The van der Waals surface area contributed by atoms with Gasteiger partial charge in [-0.25, -0.2) is 4.98 Å². The van der Waals surface area contributed by atoms with Gasteiger partial charge in [0.1, 0.15) is 0 Å². The van der Waals surface area contributed by atoms with E-state index in [1.54, 1.807) is 6.33 Å². The van der Waals surface area contributed by atoms with Crippen LogP contribution in [0, 0.1) is 0 Å². The summed E-state index contributed by atoms with van der Waals surface area (Å²) in [5.74, 6) is 1.84. The van der Waals surface area contributed by atoms with Crippen molar-refractivity contribution in [1.82, 2.24) is 20.6 Å². The van der Waals surface area contributed by atoms with Gasteiger partial charge in [-0.2, -0.15) is 11.8 Å². The number of fused-ring (bicyclic) bond motifs is 1. The van der Waals surface area contributed by atoms with Crippen LogP contribution in [0.3, 0.4) is 0 Å². The van der Waals surface area contributed by atoms with Gasteiger partial charge >= 0.3 is 0 Å². The minimum absolute atomic E-state index is 0.0536. The molecule has 2 atom stereocenters. The van der Waals surface area contributed by atoms with E-state index in [9.17, 15) is 4.79 Å². The van der Waals surface area contributed by atoms with Crippen LogP contribution in [-0.4, -0.2) is 33.4 Å². The summed E-state index contributed by atoms with van der Waals surface area (Å²) in [5, 5.41) is 6.53. The molecule has 1 unspecified atom stereocenters. The van der Waals surface area contributed by atoms with Gasteiger partial charge in [0.2, 0.25) is 5.91 Å². The van der Waals surface area contributed by atoms with Crippen LogP contribution in [0.5, 0.6) is 0 Å². The summed E-state index contributed by atoms with van der Waals surface area (Å²) in [6, 6.07) is 16.4. The number of thioether (sulfide) groups is 1. The van der Waals surface area contributed by atoms with Crippen LogP contribution < -0.4 is 10.6 Å². The molecule has 5 nitrogen and oxygen atoms in total. The Morgan fingerprint density at radius 2 is 2.08 bits per heavy atom. The van der Waals surface area contributed by atoms with Gasteiger partial charge in [0.15, 0.2) is 0 Å². The van der Waals surface area contributed by atoms with Gasteiger partial charge in [-0.1, -0.05) is 36.4 Å². The monoisotopic (exact) mass is 352 g/mol. The largest absolute Gasteiger partial charge is 0.351 e. The van der Waals surface area contributed by atoms with Gasteiger partial charge in [-0.15, -0.1) is 0 Å². The molecule has 0 spiro atoms. The zero-order valence-corrected chi connectivity index (χ0v) is 14.6. The lowest BCUT2D eigenvalue weighted by atomic mass is 10.1. The van der Waals surface area contributed by atoms with E-state index in [2.05, 4.69) is 32.7 Å². The number of rotatable bonds is 4. The molecule has 3 N–H and O–H groups in total. The lowest BCUT2D eigenvalue weighted by Crippen LogP contribution is -2.50. The average Bonchev–Trinajstić information content (AvgIpc) is 3.15. The molecule has 0 radical (unpaired) electrons. The Hall–Kier alpha value is -2.31. The highest BCUT2D eigenvalue weighted by Gasteiger charge is 2.27. The lowest BCUT2D eigenvalue weighted by Gasteiger charge is -2.30. The number of amides is 1. The van der Waals surface area contributed by atoms with Crippen molar-refractivity contribution in [2.75, 3.05) is 11.5 Å². The molecule has 128 valence electrons. The Labute approximate surface area is 150 Å². The van der Waals surface area contributed by atoms with Crippen molar-refractivity contribution in [3.63, 3.8) is 0 Å². The maximum Gasteiger partial charge on any atom is 0.238 e. The molecule has 1 amide bonds.